The van der Waals surface area contributed by atoms with Crippen molar-refractivity contribution < 1.29 is 0 Å². The molecule has 0 aliphatic heterocycles. The van der Waals surface area contributed by atoms with Gasteiger partial charge in [-0.3, -0.25) is 4.98 Å². The first-order chi connectivity index (χ1) is 9.76. The van der Waals surface area contributed by atoms with E-state index in [9.17, 15) is 0 Å². The van der Waals surface area contributed by atoms with Crippen LogP contribution in [0.5, 0.6) is 0 Å². The maximum Gasteiger partial charge on any atom is 0.0951 e. The molecule has 0 fully saturated rings. The first kappa shape index (κ1) is 14.6. The molecule has 0 amide bonds. The Balaban J connectivity index is 2.18. The van der Waals surface area contributed by atoms with E-state index in [4.69, 9.17) is 5.73 Å². The van der Waals surface area contributed by atoms with Crippen molar-refractivity contribution in [2.45, 2.75) is 46.1 Å². The van der Waals surface area contributed by atoms with Crippen molar-refractivity contribution in [3.63, 3.8) is 0 Å². The molecule has 1 unspecified atom stereocenters. The van der Waals surface area contributed by atoms with E-state index in [0.717, 1.165) is 23.5 Å². The minimum absolute atomic E-state index is 0.695. The average molecular weight is 272 g/mol. The average Bonchev–Trinajstić information content (AvgIpc) is 2.92. The highest BCUT2D eigenvalue weighted by Gasteiger charge is 2.12. The van der Waals surface area contributed by atoms with Crippen LogP contribution in [0.15, 0.2) is 31.0 Å². The number of nitrogen functional groups attached to an aromatic ring is 1. The number of unbranched alkanes of at least 4 members (excludes halogenated alkanes) is 1. The van der Waals surface area contributed by atoms with Crippen molar-refractivity contribution in [3.8, 4) is 11.3 Å². The number of hydrogen-bond donors (Lipinski definition) is 1. The van der Waals surface area contributed by atoms with Gasteiger partial charge in [0.05, 0.1) is 18.2 Å². The maximum absolute atomic E-state index is 6.04. The van der Waals surface area contributed by atoms with Gasteiger partial charge in [-0.15, -0.1) is 0 Å². The van der Waals surface area contributed by atoms with Crippen molar-refractivity contribution in [1.82, 2.24) is 14.5 Å². The topological polar surface area (TPSA) is 56.7 Å². The molecule has 4 nitrogen and oxygen atoms in total. The van der Waals surface area contributed by atoms with E-state index >= 15 is 0 Å². The van der Waals surface area contributed by atoms with Gasteiger partial charge in [0.1, 0.15) is 0 Å². The van der Waals surface area contributed by atoms with Gasteiger partial charge in [-0.25, -0.2) is 4.98 Å². The zero-order valence-electron chi connectivity index (χ0n) is 12.4. The molecule has 2 rings (SSSR count). The Hall–Kier alpha value is -1.84. The van der Waals surface area contributed by atoms with Crippen molar-refractivity contribution in [2.24, 2.45) is 5.92 Å². The Bertz CT molecular complexity index is 533. The highest BCUT2D eigenvalue weighted by Crippen LogP contribution is 2.26. The van der Waals surface area contributed by atoms with Crippen LogP contribution in [0.4, 0.5) is 5.69 Å². The SMILES string of the molecule is CCCCC(CC)Cn1cncc1-c1cnccc1N. The second-order valence-electron chi connectivity index (χ2n) is 5.31. The van der Waals surface area contributed by atoms with Gasteiger partial charge in [0.25, 0.3) is 0 Å². The number of pyridine rings is 1. The molecule has 0 saturated heterocycles. The lowest BCUT2D eigenvalue weighted by Gasteiger charge is -2.17. The molecule has 4 heteroatoms. The predicted octanol–water partition coefficient (Wildman–Crippen LogP) is 3.74. The molecule has 2 heterocycles. The van der Waals surface area contributed by atoms with Crippen molar-refractivity contribution in [1.29, 1.82) is 0 Å². The van der Waals surface area contributed by atoms with E-state index in [2.05, 4.69) is 28.4 Å². The molecule has 2 N–H and O–H groups in total. The van der Waals surface area contributed by atoms with Crippen LogP contribution in [-0.4, -0.2) is 14.5 Å². The molecular weight excluding hydrogens is 248 g/mol. The van der Waals surface area contributed by atoms with Gasteiger partial charge >= 0.3 is 0 Å². The second-order valence-corrected chi connectivity index (χ2v) is 5.31. The molecule has 2 aromatic rings. The monoisotopic (exact) mass is 272 g/mol. The maximum atomic E-state index is 6.04. The van der Waals surface area contributed by atoms with Gasteiger partial charge in [0.15, 0.2) is 0 Å². The minimum Gasteiger partial charge on any atom is -0.398 e. The lowest BCUT2D eigenvalue weighted by atomic mass is 9.99. The highest BCUT2D eigenvalue weighted by atomic mass is 15.0. The van der Waals surface area contributed by atoms with E-state index in [1.165, 1.54) is 25.7 Å². The van der Waals surface area contributed by atoms with Crippen molar-refractivity contribution >= 4 is 5.69 Å². The number of imidazole rings is 1. The van der Waals surface area contributed by atoms with E-state index in [1.807, 2.05) is 24.8 Å². The van der Waals surface area contributed by atoms with Gasteiger partial charge in [-0.2, -0.15) is 0 Å². The van der Waals surface area contributed by atoms with Gasteiger partial charge in [0.2, 0.25) is 0 Å². The van der Waals surface area contributed by atoms with Gasteiger partial charge in [0, 0.05) is 30.2 Å². The van der Waals surface area contributed by atoms with Crippen LogP contribution in [0.3, 0.4) is 0 Å². The summed E-state index contributed by atoms with van der Waals surface area (Å²) in [5.41, 5.74) is 8.82. The zero-order valence-corrected chi connectivity index (χ0v) is 12.4. The number of nitrogens with zero attached hydrogens (tertiary/aromatic N) is 3. The Labute approximate surface area is 121 Å². The number of nitrogens with two attached hydrogens (primary N) is 1. The smallest absolute Gasteiger partial charge is 0.0951 e. The summed E-state index contributed by atoms with van der Waals surface area (Å²) in [6.45, 7) is 5.50. The number of anilines is 1. The third kappa shape index (κ3) is 3.38. The molecule has 0 spiro atoms. The summed E-state index contributed by atoms with van der Waals surface area (Å²) in [7, 11) is 0. The second kappa shape index (κ2) is 7.08. The molecule has 0 aliphatic rings. The largest absolute Gasteiger partial charge is 0.398 e. The van der Waals surface area contributed by atoms with Crippen LogP contribution >= 0.6 is 0 Å². The van der Waals surface area contributed by atoms with Crippen LogP contribution in [0.1, 0.15) is 39.5 Å². The fraction of sp³-hybridized carbons (Fsp3) is 0.500. The van der Waals surface area contributed by atoms with Crippen LogP contribution in [0, 0.1) is 5.92 Å². The van der Waals surface area contributed by atoms with Crippen molar-refractivity contribution in [2.75, 3.05) is 5.73 Å². The van der Waals surface area contributed by atoms with Crippen molar-refractivity contribution in [3.05, 3.63) is 31.0 Å². The number of hydrogen-bond acceptors (Lipinski definition) is 3. The quantitative estimate of drug-likeness (QED) is 0.835. The third-order valence-electron chi connectivity index (χ3n) is 3.84. The summed E-state index contributed by atoms with van der Waals surface area (Å²) in [4.78, 5) is 8.46. The predicted molar refractivity (Wildman–Crippen MR) is 83.2 cm³/mol. The lowest BCUT2D eigenvalue weighted by molar-refractivity contribution is 0.392. The standard InChI is InChI=1S/C16H24N4/c1-3-5-6-13(4-2)11-20-12-19-10-16(20)14-9-18-8-7-15(14)17/h7-10,12-13H,3-6,11H2,1-2H3,(H2,17,18). The Morgan fingerprint density at radius 2 is 2.10 bits per heavy atom. The van der Waals surface area contributed by atoms with E-state index in [1.54, 1.807) is 6.20 Å². The van der Waals surface area contributed by atoms with Gasteiger partial charge in [-0.05, 0) is 18.4 Å². The summed E-state index contributed by atoms with van der Waals surface area (Å²) in [6, 6.07) is 1.83. The molecule has 108 valence electrons. The number of aromatic nitrogens is 3. The van der Waals surface area contributed by atoms with Gasteiger partial charge in [-0.1, -0.05) is 33.1 Å². The molecule has 0 radical (unpaired) electrons. The number of rotatable bonds is 7. The molecule has 2 aromatic heterocycles. The summed E-state index contributed by atoms with van der Waals surface area (Å²) < 4.78 is 2.21. The van der Waals surface area contributed by atoms with E-state index < -0.39 is 0 Å². The van der Waals surface area contributed by atoms with Gasteiger partial charge < -0.3 is 10.3 Å². The lowest BCUT2D eigenvalue weighted by Crippen LogP contribution is -2.11. The van der Waals surface area contributed by atoms with E-state index in [0.29, 0.717) is 5.92 Å². The summed E-state index contributed by atoms with van der Waals surface area (Å²) in [6.07, 6.45) is 12.3. The summed E-state index contributed by atoms with van der Waals surface area (Å²) in [5.74, 6) is 0.695. The Kier molecular flexibility index (Phi) is 5.16. The zero-order chi connectivity index (χ0) is 14.4. The highest BCUT2D eigenvalue weighted by molar-refractivity contribution is 5.72. The molecule has 20 heavy (non-hydrogen) atoms. The first-order valence-electron chi connectivity index (χ1n) is 7.46. The van der Waals surface area contributed by atoms with Crippen LogP contribution in [0.25, 0.3) is 11.3 Å². The molecule has 1 atom stereocenters. The Morgan fingerprint density at radius 3 is 2.80 bits per heavy atom. The van der Waals surface area contributed by atoms with Crippen LogP contribution < -0.4 is 5.73 Å². The molecule has 0 aliphatic carbocycles. The summed E-state index contributed by atoms with van der Waals surface area (Å²) >= 11 is 0. The first-order valence-corrected chi connectivity index (χ1v) is 7.46. The third-order valence-corrected chi connectivity index (χ3v) is 3.84. The molecular formula is C16H24N4. The van der Waals surface area contributed by atoms with Crippen LogP contribution in [0.2, 0.25) is 0 Å². The Morgan fingerprint density at radius 1 is 1.25 bits per heavy atom. The minimum atomic E-state index is 0.695. The van der Waals surface area contributed by atoms with E-state index in [-0.39, 0.29) is 0 Å². The summed E-state index contributed by atoms with van der Waals surface area (Å²) in [5, 5.41) is 0. The normalized spacial score (nSPS) is 12.5. The fourth-order valence-electron chi connectivity index (χ4n) is 2.51. The molecule has 0 bridgehead atoms. The molecule has 0 aromatic carbocycles. The van der Waals surface area contributed by atoms with Crippen LogP contribution in [-0.2, 0) is 6.54 Å². The molecule has 0 saturated carbocycles. The fourth-order valence-corrected chi connectivity index (χ4v) is 2.51.